The first-order valence-electron chi connectivity index (χ1n) is 7.61. The largest absolute Gasteiger partial charge is 0.456 e. The lowest BCUT2D eigenvalue weighted by atomic mass is 9.73. The highest BCUT2D eigenvalue weighted by Gasteiger charge is 2.47. The molecule has 0 N–H and O–H groups in total. The number of piperidine rings is 1. The molecule has 21 heavy (non-hydrogen) atoms. The van der Waals surface area contributed by atoms with E-state index in [9.17, 15) is 4.79 Å². The van der Waals surface area contributed by atoms with Crippen molar-refractivity contribution in [2.24, 2.45) is 5.41 Å². The first-order chi connectivity index (χ1) is 10.1. The van der Waals surface area contributed by atoms with Crippen molar-refractivity contribution in [2.75, 3.05) is 33.4 Å². The van der Waals surface area contributed by atoms with E-state index in [1.54, 1.807) is 13.2 Å². The molecule has 5 nitrogen and oxygen atoms in total. The maximum absolute atomic E-state index is 12.6. The highest BCUT2D eigenvalue weighted by molar-refractivity contribution is 5.91. The van der Waals surface area contributed by atoms with Crippen molar-refractivity contribution in [1.82, 2.24) is 4.90 Å². The third-order valence-corrected chi connectivity index (χ3v) is 4.66. The molecule has 1 aromatic heterocycles. The molecule has 5 heteroatoms. The predicted octanol–water partition coefficient (Wildman–Crippen LogP) is 2.25. The van der Waals surface area contributed by atoms with Gasteiger partial charge < -0.3 is 18.8 Å². The van der Waals surface area contributed by atoms with Crippen molar-refractivity contribution in [1.29, 1.82) is 0 Å². The van der Waals surface area contributed by atoms with Crippen molar-refractivity contribution >= 4 is 5.91 Å². The summed E-state index contributed by atoms with van der Waals surface area (Å²) in [5, 5.41) is 0. The second kappa shape index (κ2) is 5.81. The number of hydrogen-bond acceptors (Lipinski definition) is 4. The summed E-state index contributed by atoms with van der Waals surface area (Å²) in [5.41, 5.74) is -0.0669. The third-order valence-electron chi connectivity index (χ3n) is 4.66. The molecule has 0 aliphatic carbocycles. The van der Waals surface area contributed by atoms with E-state index in [4.69, 9.17) is 13.9 Å². The van der Waals surface area contributed by atoms with E-state index in [1.807, 2.05) is 17.9 Å². The number of amides is 1. The molecule has 2 saturated heterocycles. The number of likely N-dealkylation sites (tertiary alicyclic amines) is 1. The second-order valence-corrected chi connectivity index (χ2v) is 6.18. The van der Waals surface area contributed by atoms with Crippen LogP contribution in [-0.4, -0.2) is 50.3 Å². The first-order valence-corrected chi connectivity index (χ1v) is 7.61. The van der Waals surface area contributed by atoms with E-state index >= 15 is 0 Å². The number of nitrogens with zero attached hydrogens (tertiary/aromatic N) is 1. The number of carbonyl (C=O) groups is 1. The van der Waals surface area contributed by atoms with Gasteiger partial charge in [-0.2, -0.15) is 0 Å². The zero-order valence-electron chi connectivity index (χ0n) is 12.8. The molecule has 2 atom stereocenters. The van der Waals surface area contributed by atoms with Gasteiger partial charge >= 0.3 is 0 Å². The van der Waals surface area contributed by atoms with E-state index in [0.717, 1.165) is 31.6 Å². The molecule has 116 valence electrons. The lowest BCUT2D eigenvalue weighted by Gasteiger charge is -2.50. The molecule has 0 aromatic carbocycles. The number of fused-ring (bicyclic) bond motifs is 1. The molecular formula is C16H23NO4. The molecule has 2 aliphatic rings. The lowest BCUT2D eigenvalue weighted by molar-refractivity contribution is -0.142. The SMILES string of the molecule is COC[C@]12CCCO[C@H]1CCN(C(=O)c1ccc(C)o1)C2. The fourth-order valence-electron chi connectivity index (χ4n) is 3.67. The normalized spacial score (nSPS) is 29.2. The molecule has 0 unspecified atom stereocenters. The molecule has 0 bridgehead atoms. The molecule has 0 radical (unpaired) electrons. The van der Waals surface area contributed by atoms with Crippen molar-refractivity contribution in [3.8, 4) is 0 Å². The quantitative estimate of drug-likeness (QED) is 0.857. The Kier molecular flexibility index (Phi) is 4.04. The maximum Gasteiger partial charge on any atom is 0.289 e. The van der Waals surface area contributed by atoms with Gasteiger partial charge in [0.05, 0.1) is 12.7 Å². The Balaban J connectivity index is 1.78. The molecule has 2 aliphatic heterocycles. The zero-order valence-corrected chi connectivity index (χ0v) is 12.8. The molecule has 3 heterocycles. The minimum absolute atomic E-state index is 0.0254. The number of ether oxygens (including phenoxy) is 2. The standard InChI is InChI=1S/C16H23NO4/c1-12-4-5-13(21-12)15(18)17-8-6-14-16(10-17,11-19-2)7-3-9-20-14/h4-5,14H,3,6-11H2,1-2H3/t14-,16+/m0/s1. The van der Waals surface area contributed by atoms with Gasteiger partial charge in [-0.15, -0.1) is 0 Å². The molecule has 1 aromatic rings. The Hall–Kier alpha value is -1.33. The van der Waals surface area contributed by atoms with Crippen LogP contribution in [0, 0.1) is 12.3 Å². The Morgan fingerprint density at radius 3 is 3.10 bits per heavy atom. The highest BCUT2D eigenvalue weighted by atomic mass is 16.5. The molecule has 1 amide bonds. The summed E-state index contributed by atoms with van der Waals surface area (Å²) in [5.74, 6) is 1.17. The van der Waals surface area contributed by atoms with E-state index in [0.29, 0.717) is 25.5 Å². The minimum Gasteiger partial charge on any atom is -0.456 e. The number of hydrogen-bond donors (Lipinski definition) is 0. The van der Waals surface area contributed by atoms with E-state index in [1.165, 1.54) is 0 Å². The van der Waals surface area contributed by atoms with Gasteiger partial charge in [0, 0.05) is 32.2 Å². The van der Waals surface area contributed by atoms with E-state index < -0.39 is 0 Å². The molecular weight excluding hydrogens is 270 g/mol. The van der Waals surface area contributed by atoms with Crippen LogP contribution in [0.4, 0.5) is 0 Å². The minimum atomic E-state index is -0.0669. The van der Waals surface area contributed by atoms with Gasteiger partial charge in [0.15, 0.2) is 5.76 Å². The Bertz CT molecular complexity index is 508. The molecule has 0 spiro atoms. The maximum atomic E-state index is 12.6. The fourth-order valence-corrected chi connectivity index (χ4v) is 3.67. The Morgan fingerprint density at radius 2 is 2.38 bits per heavy atom. The van der Waals surface area contributed by atoms with E-state index in [-0.39, 0.29) is 17.4 Å². The van der Waals surface area contributed by atoms with Crippen LogP contribution < -0.4 is 0 Å². The Labute approximate surface area is 125 Å². The highest BCUT2D eigenvalue weighted by Crippen LogP contribution is 2.40. The summed E-state index contributed by atoms with van der Waals surface area (Å²) in [6.45, 7) is 4.71. The van der Waals surface area contributed by atoms with Gasteiger partial charge in [0.2, 0.25) is 0 Å². The second-order valence-electron chi connectivity index (χ2n) is 6.18. The van der Waals surface area contributed by atoms with Gasteiger partial charge in [0.1, 0.15) is 5.76 Å². The van der Waals surface area contributed by atoms with Gasteiger partial charge in [-0.05, 0) is 38.3 Å². The summed E-state index contributed by atoms with van der Waals surface area (Å²) in [7, 11) is 1.72. The van der Waals surface area contributed by atoms with Crippen molar-refractivity contribution in [3.05, 3.63) is 23.7 Å². The van der Waals surface area contributed by atoms with Crippen LogP contribution >= 0.6 is 0 Å². The van der Waals surface area contributed by atoms with Crippen LogP contribution in [0.25, 0.3) is 0 Å². The summed E-state index contributed by atoms with van der Waals surface area (Å²) < 4.78 is 16.8. The fraction of sp³-hybridized carbons (Fsp3) is 0.688. The summed E-state index contributed by atoms with van der Waals surface area (Å²) in [6, 6.07) is 3.58. The van der Waals surface area contributed by atoms with Crippen molar-refractivity contribution in [2.45, 2.75) is 32.3 Å². The topological polar surface area (TPSA) is 51.9 Å². The summed E-state index contributed by atoms with van der Waals surface area (Å²) in [4.78, 5) is 14.5. The predicted molar refractivity (Wildman–Crippen MR) is 77.2 cm³/mol. The average Bonchev–Trinajstić information content (AvgIpc) is 2.92. The van der Waals surface area contributed by atoms with Crippen LogP contribution in [0.5, 0.6) is 0 Å². The number of carbonyl (C=O) groups excluding carboxylic acids is 1. The number of methoxy groups -OCH3 is 1. The van der Waals surface area contributed by atoms with E-state index in [2.05, 4.69) is 0 Å². The average molecular weight is 293 g/mol. The van der Waals surface area contributed by atoms with Gasteiger partial charge in [0.25, 0.3) is 5.91 Å². The molecule has 2 fully saturated rings. The molecule has 0 saturated carbocycles. The van der Waals surface area contributed by atoms with Gasteiger partial charge in [-0.25, -0.2) is 0 Å². The summed E-state index contributed by atoms with van der Waals surface area (Å²) >= 11 is 0. The first kappa shape index (κ1) is 14.6. The number of aryl methyl sites for hydroxylation is 1. The van der Waals surface area contributed by atoms with Crippen LogP contribution in [-0.2, 0) is 9.47 Å². The number of furan rings is 1. The zero-order chi connectivity index (χ0) is 14.9. The smallest absolute Gasteiger partial charge is 0.289 e. The van der Waals surface area contributed by atoms with Crippen LogP contribution in [0.1, 0.15) is 35.6 Å². The van der Waals surface area contributed by atoms with Crippen molar-refractivity contribution < 1.29 is 18.7 Å². The van der Waals surface area contributed by atoms with Crippen LogP contribution in [0.3, 0.4) is 0 Å². The summed E-state index contributed by atoms with van der Waals surface area (Å²) in [6.07, 6.45) is 3.15. The van der Waals surface area contributed by atoms with Gasteiger partial charge in [-0.1, -0.05) is 0 Å². The third kappa shape index (κ3) is 2.72. The number of rotatable bonds is 3. The molecule has 3 rings (SSSR count). The van der Waals surface area contributed by atoms with Crippen LogP contribution in [0.2, 0.25) is 0 Å². The Morgan fingerprint density at radius 1 is 1.52 bits per heavy atom. The lowest BCUT2D eigenvalue weighted by Crippen LogP contribution is -2.58. The van der Waals surface area contributed by atoms with Crippen molar-refractivity contribution in [3.63, 3.8) is 0 Å². The van der Waals surface area contributed by atoms with Crippen LogP contribution in [0.15, 0.2) is 16.5 Å². The monoisotopic (exact) mass is 293 g/mol. The van der Waals surface area contributed by atoms with Gasteiger partial charge in [-0.3, -0.25) is 4.79 Å².